The van der Waals surface area contributed by atoms with E-state index in [1.54, 1.807) is 0 Å². The Morgan fingerprint density at radius 3 is 2.52 bits per heavy atom. The number of nitrogens with two attached hydrogens (primary N) is 1. The minimum atomic E-state index is -4.45. The zero-order valence-electron chi connectivity index (χ0n) is 28.2. The number of imidazole rings is 1. The van der Waals surface area contributed by atoms with Crippen molar-refractivity contribution in [3.63, 3.8) is 0 Å². The second-order valence-electron chi connectivity index (χ2n) is 14.0. The number of anilines is 1. The van der Waals surface area contributed by atoms with E-state index in [-0.39, 0.29) is 33.1 Å². The van der Waals surface area contributed by atoms with Crippen molar-refractivity contribution in [1.29, 1.82) is 0 Å². The fraction of sp³-hybridized carbons (Fsp3) is 0.593. The summed E-state index contributed by atoms with van der Waals surface area (Å²) in [4.78, 5) is 42.8. The summed E-state index contributed by atoms with van der Waals surface area (Å²) in [6, 6.07) is 0. The Hall–Kier alpha value is -2.24. The molecule has 10 atom stereocenters. The van der Waals surface area contributed by atoms with Crippen LogP contribution in [0.3, 0.4) is 0 Å². The first kappa shape index (κ1) is 38.0. The molecule has 3 saturated heterocycles. The summed E-state index contributed by atoms with van der Waals surface area (Å²) in [5.74, 6) is -0.856. The van der Waals surface area contributed by atoms with Crippen LogP contribution in [0.1, 0.15) is 33.2 Å². The number of thiol groups is 1. The molecule has 4 N–H and O–H groups in total. The number of rotatable bonds is 4. The summed E-state index contributed by atoms with van der Waals surface area (Å²) in [6.45, 7) is -0.0614. The molecular formula is C27H36F2N8O10P2S2Si. The van der Waals surface area contributed by atoms with Gasteiger partial charge in [-0.05, 0) is 29.9 Å². The fourth-order valence-corrected chi connectivity index (χ4v) is 10.2. The van der Waals surface area contributed by atoms with Crippen LogP contribution in [0.4, 0.5) is 14.6 Å². The molecule has 18 nitrogen and oxygen atoms in total. The molecule has 4 aromatic heterocycles. The monoisotopic (exact) mass is 824 g/mol. The number of aromatic nitrogens is 7. The quantitative estimate of drug-likeness (QED) is 0.130. The third kappa shape index (κ3) is 6.93. The average Bonchev–Trinajstić information content (AvgIpc) is 3.79. The van der Waals surface area contributed by atoms with E-state index >= 15 is 8.78 Å². The highest BCUT2D eigenvalue weighted by Gasteiger charge is 2.56. The molecule has 0 radical (unpaired) electrons. The standard InChI is InChI=1S/C27H36F2N8O10P2S2Si/c1-27(2,3)52(4,5)47-19-14-8-42-48(39,50)45-18-13(43-25(16(18)29)37-11-35-17-21(30)31-9-33-23(17)37)7-41-49(40,51)46-20(19)26(44-14)36-6-12(28)15-22(36)32-10-34-24(15)38/h6,9-11,13-14,16,18-20,25-26H,7-8H2,1-5H3,(H,39,50)(H,40,51)(H2,30,31,33)(H,32,34,38)/t13-,14-,16-,18-,19?,20-,25-,26-,48?,49?/m1/s1. The van der Waals surface area contributed by atoms with Gasteiger partial charge in [0.1, 0.15) is 47.8 Å². The van der Waals surface area contributed by atoms with E-state index in [1.165, 1.54) is 21.8 Å². The number of halogens is 2. The largest absolute Gasteiger partial charge is 0.408 e. The van der Waals surface area contributed by atoms with Gasteiger partial charge in [-0.25, -0.2) is 33.3 Å². The molecule has 0 saturated carbocycles. The Kier molecular flexibility index (Phi) is 9.88. The predicted octanol–water partition coefficient (Wildman–Crippen LogP) is 3.88. The van der Waals surface area contributed by atoms with Gasteiger partial charge >= 0.3 is 13.5 Å². The lowest BCUT2D eigenvalue weighted by molar-refractivity contribution is -0.0586. The number of fused-ring (bicyclic) bond motifs is 5. The van der Waals surface area contributed by atoms with E-state index < -0.39 is 95.6 Å². The van der Waals surface area contributed by atoms with Gasteiger partial charge in [0, 0.05) is 6.20 Å². The maximum Gasteiger partial charge on any atom is 0.386 e. The van der Waals surface area contributed by atoms with E-state index in [4.69, 9.17) is 49.5 Å². The molecule has 0 aromatic carbocycles. The number of hydrogen-bond acceptors (Lipinski definition) is 15. The highest BCUT2D eigenvalue weighted by Crippen LogP contribution is 2.59. The van der Waals surface area contributed by atoms with E-state index in [0.717, 1.165) is 12.5 Å². The number of nitrogen functional groups attached to an aromatic ring is 1. The number of alkyl halides is 1. The van der Waals surface area contributed by atoms with Gasteiger partial charge in [0.05, 0.1) is 25.9 Å². The molecule has 3 fully saturated rings. The van der Waals surface area contributed by atoms with Crippen LogP contribution < -0.4 is 11.3 Å². The Bertz CT molecular complexity index is 2170. The van der Waals surface area contributed by atoms with Crippen molar-refractivity contribution in [2.75, 3.05) is 18.9 Å². The Labute approximate surface area is 305 Å². The van der Waals surface area contributed by atoms with Gasteiger partial charge in [0.2, 0.25) is 0 Å². The zero-order chi connectivity index (χ0) is 37.5. The second kappa shape index (κ2) is 13.5. The van der Waals surface area contributed by atoms with E-state index in [0.29, 0.717) is 0 Å². The lowest BCUT2D eigenvalue weighted by Gasteiger charge is -2.40. The van der Waals surface area contributed by atoms with Crippen LogP contribution in [0.5, 0.6) is 0 Å². The smallest absolute Gasteiger partial charge is 0.386 e. The van der Waals surface area contributed by atoms with Crippen molar-refractivity contribution in [1.82, 2.24) is 34.1 Å². The van der Waals surface area contributed by atoms with Crippen LogP contribution >= 0.6 is 25.8 Å². The SMILES string of the molecule is CC(C)(C)[Si](C)(C)OC1[C@H]2OP(O)(=S)OC[C@H]3O[C@@H](n4cnc5c(N)ncnc54)[C@H](F)[C@@H]3OP(=O)(S)OC[C@H]1O[C@H]2n1cc(F)c2c(=O)[nH]cnc21. The number of ether oxygens (including phenoxy) is 2. The van der Waals surface area contributed by atoms with Crippen LogP contribution in [0.25, 0.3) is 22.2 Å². The molecule has 0 aliphatic carbocycles. The summed E-state index contributed by atoms with van der Waals surface area (Å²) in [5, 5.41) is -0.712. The van der Waals surface area contributed by atoms with Gasteiger partial charge in [-0.15, -0.1) is 0 Å². The molecule has 4 aromatic rings. The van der Waals surface area contributed by atoms with Crippen molar-refractivity contribution >= 4 is 73.9 Å². The normalized spacial score (nSPS) is 34.9. The van der Waals surface area contributed by atoms with E-state index in [1.807, 2.05) is 33.9 Å². The lowest BCUT2D eigenvalue weighted by Crippen LogP contribution is -2.50. The number of hydrogen-bond donors (Lipinski definition) is 4. The van der Waals surface area contributed by atoms with Crippen molar-refractivity contribution < 1.29 is 50.2 Å². The minimum Gasteiger partial charge on any atom is -0.408 e. The summed E-state index contributed by atoms with van der Waals surface area (Å²) >= 11 is 9.62. The van der Waals surface area contributed by atoms with Gasteiger partial charge in [0.15, 0.2) is 49.9 Å². The van der Waals surface area contributed by atoms with Crippen molar-refractivity contribution in [2.24, 2.45) is 0 Å². The molecule has 0 spiro atoms. The molecule has 284 valence electrons. The fourth-order valence-electron chi connectivity index (χ4n) is 6.02. The van der Waals surface area contributed by atoms with Gasteiger partial charge < -0.3 is 38.6 Å². The van der Waals surface area contributed by atoms with Crippen molar-refractivity contribution in [2.45, 2.75) is 88.1 Å². The number of H-pyrrole nitrogens is 1. The molecule has 25 heteroatoms. The Morgan fingerprint density at radius 1 is 1.08 bits per heavy atom. The predicted molar refractivity (Wildman–Crippen MR) is 190 cm³/mol. The van der Waals surface area contributed by atoms with Crippen LogP contribution in [-0.4, -0.2) is 97.2 Å². The van der Waals surface area contributed by atoms with Gasteiger partial charge in [-0.1, -0.05) is 33.0 Å². The maximum atomic E-state index is 16.3. The Balaban J connectivity index is 1.27. The highest BCUT2D eigenvalue weighted by molar-refractivity contribution is 8.44. The first-order valence-corrected chi connectivity index (χ1v) is 24.1. The Morgan fingerprint density at radius 2 is 1.79 bits per heavy atom. The van der Waals surface area contributed by atoms with Gasteiger partial charge in [-0.3, -0.25) is 22.9 Å². The van der Waals surface area contributed by atoms with Gasteiger partial charge in [0.25, 0.3) is 5.56 Å². The molecule has 3 aliphatic rings. The first-order chi connectivity index (χ1) is 24.3. The lowest BCUT2D eigenvalue weighted by atomic mass is 10.1. The van der Waals surface area contributed by atoms with Gasteiger partial charge in [-0.2, -0.15) is 0 Å². The van der Waals surface area contributed by atoms with Crippen LogP contribution in [-0.2, 0) is 48.4 Å². The molecule has 52 heavy (non-hydrogen) atoms. The molecular weight excluding hydrogens is 789 g/mol. The molecule has 3 unspecified atom stereocenters. The highest BCUT2D eigenvalue weighted by atomic mass is 32.7. The molecule has 0 amide bonds. The second-order valence-corrected chi connectivity index (χ2v) is 24.4. The molecule has 3 aliphatic heterocycles. The molecule has 2 bridgehead atoms. The number of nitrogens with one attached hydrogen (secondary N) is 1. The molecule has 7 rings (SSSR count). The van der Waals surface area contributed by atoms with Crippen LogP contribution in [0, 0.1) is 5.82 Å². The first-order valence-electron chi connectivity index (χ1n) is 15.9. The summed E-state index contributed by atoms with van der Waals surface area (Å²) < 4.78 is 90.3. The van der Waals surface area contributed by atoms with E-state index in [2.05, 4.69) is 37.2 Å². The minimum absolute atomic E-state index is 0.0508. The average molecular weight is 825 g/mol. The van der Waals surface area contributed by atoms with Crippen molar-refractivity contribution in [3.8, 4) is 0 Å². The van der Waals surface area contributed by atoms with Crippen LogP contribution in [0.2, 0.25) is 18.1 Å². The third-order valence-electron chi connectivity index (χ3n) is 9.61. The van der Waals surface area contributed by atoms with Crippen LogP contribution in [0.15, 0.2) is 30.0 Å². The third-order valence-corrected chi connectivity index (χ3v) is 17.3. The van der Waals surface area contributed by atoms with E-state index in [9.17, 15) is 14.3 Å². The number of aromatic amines is 1. The number of nitrogens with zero attached hydrogens (tertiary/aromatic N) is 6. The topological polar surface area (TPSA) is 222 Å². The molecule has 7 heterocycles. The maximum absolute atomic E-state index is 16.3. The summed E-state index contributed by atoms with van der Waals surface area (Å²) in [5.41, 5.74) is 5.39. The summed E-state index contributed by atoms with van der Waals surface area (Å²) in [7, 11) is -2.72. The zero-order valence-corrected chi connectivity index (χ0v) is 32.7. The summed E-state index contributed by atoms with van der Waals surface area (Å²) in [6.07, 6.45) is -6.93. The van der Waals surface area contributed by atoms with Crippen molar-refractivity contribution in [3.05, 3.63) is 41.3 Å².